The number of ether oxygens (including phenoxy) is 1. The van der Waals surface area contributed by atoms with Crippen LogP contribution in [0.1, 0.15) is 37.7 Å². The molecule has 0 aliphatic carbocycles. The second-order valence-corrected chi connectivity index (χ2v) is 9.20. The number of rotatable bonds is 9. The van der Waals surface area contributed by atoms with E-state index < -0.39 is 12.1 Å². The Bertz CT molecular complexity index is 1450. The number of nitrogens with zero attached hydrogens (tertiary/aromatic N) is 4. The van der Waals surface area contributed by atoms with E-state index in [-0.39, 0.29) is 35.1 Å². The summed E-state index contributed by atoms with van der Waals surface area (Å²) in [6, 6.07) is 13.1. The number of pyridine rings is 2. The van der Waals surface area contributed by atoms with Crippen LogP contribution < -0.4 is 10.2 Å². The van der Waals surface area contributed by atoms with Crippen molar-refractivity contribution in [2.75, 3.05) is 31.0 Å². The molecule has 11 nitrogen and oxygen atoms in total. The van der Waals surface area contributed by atoms with Gasteiger partial charge in [-0.2, -0.15) is 0 Å². The number of hydrogen-bond donors (Lipinski definition) is 2. The highest BCUT2D eigenvalue weighted by Gasteiger charge is 2.35. The Hall–Kier alpha value is -4.48. The number of benzene rings is 1. The van der Waals surface area contributed by atoms with E-state index in [0.717, 1.165) is 16.2 Å². The summed E-state index contributed by atoms with van der Waals surface area (Å²) in [6.45, 7) is 6.00. The minimum absolute atomic E-state index is 0.0432. The van der Waals surface area contributed by atoms with E-state index in [2.05, 4.69) is 21.9 Å². The van der Waals surface area contributed by atoms with E-state index in [1.54, 1.807) is 24.3 Å². The summed E-state index contributed by atoms with van der Waals surface area (Å²) in [5.74, 6) is -1.17. The Morgan fingerprint density at radius 1 is 1.23 bits per heavy atom. The van der Waals surface area contributed by atoms with Crippen LogP contribution in [-0.4, -0.2) is 64.9 Å². The highest BCUT2D eigenvalue weighted by molar-refractivity contribution is 6.29. The molecule has 1 atom stereocenters. The maximum atomic E-state index is 12.7. The van der Waals surface area contributed by atoms with Gasteiger partial charge < -0.3 is 15.2 Å². The number of nitrogens with one attached hydrogen (secondary N) is 1. The van der Waals surface area contributed by atoms with Crippen LogP contribution in [0.3, 0.4) is 0 Å². The first-order chi connectivity index (χ1) is 18.6. The first kappa shape index (κ1) is 27.6. The number of carboxylic acid groups (broad SMARTS) is 1. The third kappa shape index (κ3) is 6.16. The van der Waals surface area contributed by atoms with Crippen molar-refractivity contribution in [1.29, 1.82) is 0 Å². The largest absolute Gasteiger partial charge is 0.476 e. The van der Waals surface area contributed by atoms with E-state index in [0.29, 0.717) is 29.2 Å². The molecule has 0 radical (unpaired) electrons. The normalized spacial score (nSPS) is 14.6. The minimum Gasteiger partial charge on any atom is -0.476 e. The molecule has 1 fully saturated rings. The molecule has 4 rings (SSSR count). The van der Waals surface area contributed by atoms with E-state index in [1.165, 1.54) is 31.2 Å². The van der Waals surface area contributed by atoms with Gasteiger partial charge in [0.2, 0.25) is 0 Å². The lowest BCUT2D eigenvalue weighted by Crippen LogP contribution is -2.36. The van der Waals surface area contributed by atoms with Gasteiger partial charge in [0.05, 0.1) is 30.2 Å². The fraction of sp³-hybridized carbons (Fsp3) is 0.222. The molecule has 3 aromatic rings. The lowest BCUT2D eigenvalue weighted by molar-refractivity contribution is -0.0757. The molecule has 0 spiro atoms. The van der Waals surface area contributed by atoms with Gasteiger partial charge in [-0.05, 0) is 60.9 Å². The molecule has 2 N–H and O–H groups in total. The maximum absolute atomic E-state index is 12.7. The number of aromatic carboxylic acids is 1. The number of carbonyl (C=O) groups is 3. The van der Waals surface area contributed by atoms with Crippen LogP contribution in [0.25, 0.3) is 5.70 Å². The minimum atomic E-state index is -1.25. The van der Waals surface area contributed by atoms with Gasteiger partial charge in [-0.25, -0.2) is 24.6 Å². The summed E-state index contributed by atoms with van der Waals surface area (Å²) < 4.78 is 5.35. The Morgan fingerprint density at radius 3 is 2.62 bits per heavy atom. The van der Waals surface area contributed by atoms with Crippen LogP contribution in [0.15, 0.2) is 55.1 Å². The van der Waals surface area contributed by atoms with Crippen molar-refractivity contribution < 1.29 is 29.1 Å². The molecule has 1 aliphatic rings. The van der Waals surface area contributed by atoms with Gasteiger partial charge in [0, 0.05) is 12.6 Å². The first-order valence-electron chi connectivity index (χ1n) is 11.8. The number of hydrogen-bond acceptors (Lipinski definition) is 8. The standard InChI is InChI=1S/C27H26ClN5O6/c1-15-11-21(16(2)29-20-9-10-22(28)31-24(20)26(35)36)30-23(12-15)33-19(14-39-27(33)37)13-17-5-7-18(8-6-17)25(34)32(3)38-4/h5-12,19,29H,2,13-14H2,1,3-4H3,(H,35,36)/t19-/m0/s1. The van der Waals surface area contributed by atoms with Crippen LogP contribution in [0.2, 0.25) is 5.15 Å². The third-order valence-electron chi connectivity index (χ3n) is 6.05. The number of amides is 2. The van der Waals surface area contributed by atoms with Gasteiger partial charge in [-0.1, -0.05) is 30.3 Å². The number of carboxylic acids is 1. The summed E-state index contributed by atoms with van der Waals surface area (Å²) in [7, 11) is 2.94. The van der Waals surface area contributed by atoms with Gasteiger partial charge >= 0.3 is 12.1 Å². The molecule has 1 saturated heterocycles. The second-order valence-electron chi connectivity index (χ2n) is 8.81. The SMILES string of the molecule is C=C(Nc1ccc(Cl)nc1C(=O)O)c1cc(C)cc(N2C(=O)OC[C@@H]2Cc2ccc(C(=O)N(C)OC)cc2)n1. The Kier molecular flexibility index (Phi) is 8.12. The monoisotopic (exact) mass is 551 g/mol. The van der Waals surface area contributed by atoms with Crippen LogP contribution in [0, 0.1) is 6.92 Å². The molecule has 2 aromatic heterocycles. The smallest absolute Gasteiger partial charge is 0.415 e. The van der Waals surface area contributed by atoms with Gasteiger partial charge in [-0.15, -0.1) is 0 Å². The van der Waals surface area contributed by atoms with Crippen molar-refractivity contribution in [1.82, 2.24) is 15.0 Å². The van der Waals surface area contributed by atoms with Gasteiger partial charge in [0.25, 0.3) is 5.91 Å². The number of carbonyl (C=O) groups excluding carboxylic acids is 2. The average Bonchev–Trinajstić information content (AvgIpc) is 3.28. The molecule has 2 amide bonds. The average molecular weight is 552 g/mol. The zero-order valence-electron chi connectivity index (χ0n) is 21.5. The first-order valence-corrected chi connectivity index (χ1v) is 12.2. The van der Waals surface area contributed by atoms with Crippen molar-refractivity contribution in [3.8, 4) is 0 Å². The summed E-state index contributed by atoms with van der Waals surface area (Å²) in [5.41, 5.74) is 2.80. The lowest BCUT2D eigenvalue weighted by Gasteiger charge is -2.22. The lowest BCUT2D eigenvalue weighted by atomic mass is 10.0. The molecule has 0 unspecified atom stereocenters. The van der Waals surface area contributed by atoms with E-state index in [9.17, 15) is 19.5 Å². The molecular formula is C27H26ClN5O6. The number of hydroxylamine groups is 2. The number of aromatic nitrogens is 2. The molecular weight excluding hydrogens is 526 g/mol. The molecule has 12 heteroatoms. The molecule has 202 valence electrons. The predicted octanol–water partition coefficient (Wildman–Crippen LogP) is 4.42. The fourth-order valence-corrected chi connectivity index (χ4v) is 4.21. The van der Waals surface area contributed by atoms with E-state index >= 15 is 0 Å². The fourth-order valence-electron chi connectivity index (χ4n) is 4.06. The van der Waals surface area contributed by atoms with Gasteiger partial charge in [0.15, 0.2) is 5.69 Å². The Morgan fingerprint density at radius 2 is 1.95 bits per heavy atom. The maximum Gasteiger partial charge on any atom is 0.415 e. The van der Waals surface area contributed by atoms with Crippen molar-refractivity contribution in [2.24, 2.45) is 0 Å². The second kappa shape index (κ2) is 11.5. The summed E-state index contributed by atoms with van der Waals surface area (Å²) in [6.07, 6.45) is -0.0747. The number of aryl methyl sites for hydroxylation is 1. The Labute approximate surface area is 229 Å². The van der Waals surface area contributed by atoms with Crippen LogP contribution in [-0.2, 0) is 16.0 Å². The number of cyclic esters (lactones) is 1. The highest BCUT2D eigenvalue weighted by atomic mass is 35.5. The molecule has 3 heterocycles. The number of anilines is 2. The molecule has 1 aliphatic heterocycles. The highest BCUT2D eigenvalue weighted by Crippen LogP contribution is 2.28. The van der Waals surface area contributed by atoms with Crippen molar-refractivity contribution >= 4 is 46.8 Å². The van der Waals surface area contributed by atoms with E-state index in [1.807, 2.05) is 19.1 Å². The number of halogens is 1. The van der Waals surface area contributed by atoms with Crippen LogP contribution >= 0.6 is 11.6 Å². The topological polar surface area (TPSA) is 134 Å². The quantitative estimate of drug-likeness (QED) is 0.292. The van der Waals surface area contributed by atoms with Crippen molar-refractivity contribution in [3.63, 3.8) is 0 Å². The molecule has 0 saturated carbocycles. The zero-order valence-corrected chi connectivity index (χ0v) is 22.2. The van der Waals surface area contributed by atoms with E-state index in [4.69, 9.17) is 21.2 Å². The summed E-state index contributed by atoms with van der Waals surface area (Å²) in [5, 5.41) is 13.6. The molecule has 0 bridgehead atoms. The Balaban J connectivity index is 1.56. The molecule has 1 aromatic carbocycles. The predicted molar refractivity (Wildman–Crippen MR) is 145 cm³/mol. The summed E-state index contributed by atoms with van der Waals surface area (Å²) in [4.78, 5) is 51.5. The van der Waals surface area contributed by atoms with Crippen LogP contribution in [0.5, 0.6) is 0 Å². The van der Waals surface area contributed by atoms with Crippen molar-refractivity contribution in [2.45, 2.75) is 19.4 Å². The molecule has 39 heavy (non-hydrogen) atoms. The van der Waals surface area contributed by atoms with Crippen molar-refractivity contribution in [3.05, 3.63) is 88.3 Å². The summed E-state index contributed by atoms with van der Waals surface area (Å²) >= 11 is 5.85. The van der Waals surface area contributed by atoms with Gasteiger partial charge in [0.1, 0.15) is 17.6 Å². The van der Waals surface area contributed by atoms with Gasteiger partial charge in [-0.3, -0.25) is 14.5 Å². The van der Waals surface area contributed by atoms with Crippen LogP contribution in [0.4, 0.5) is 16.3 Å². The zero-order chi connectivity index (χ0) is 28.3. The third-order valence-corrected chi connectivity index (χ3v) is 6.27.